The van der Waals surface area contributed by atoms with Gasteiger partial charge in [0.05, 0.1) is 0 Å². The van der Waals surface area contributed by atoms with Gasteiger partial charge in [-0.25, -0.2) is 4.79 Å². The van der Waals surface area contributed by atoms with Crippen molar-refractivity contribution < 1.29 is 19.4 Å². The lowest BCUT2D eigenvalue weighted by atomic mass is 10.4. The summed E-state index contributed by atoms with van der Waals surface area (Å²) in [6, 6.07) is 0. The molecule has 0 radical (unpaired) electrons. The van der Waals surface area contributed by atoms with Gasteiger partial charge in [0.1, 0.15) is 6.10 Å². The molecule has 1 saturated carbocycles. The summed E-state index contributed by atoms with van der Waals surface area (Å²) in [5.74, 6) is -2.31. The van der Waals surface area contributed by atoms with Crippen LogP contribution in [0.3, 0.4) is 0 Å². The Hall–Kier alpha value is -1.32. The predicted octanol–water partition coefficient (Wildman–Crippen LogP) is -0.756. The maximum atomic E-state index is 10.8. The minimum Gasteiger partial charge on any atom is -0.550 e. The minimum absolute atomic E-state index is 0.277. The van der Waals surface area contributed by atoms with Gasteiger partial charge in [0.25, 0.3) is 0 Å². The van der Waals surface area contributed by atoms with Gasteiger partial charge in [-0.2, -0.15) is 0 Å². The van der Waals surface area contributed by atoms with Gasteiger partial charge in [-0.3, -0.25) is 0 Å². The highest BCUT2D eigenvalue weighted by Crippen LogP contribution is 2.33. The summed E-state index contributed by atoms with van der Waals surface area (Å²) in [5.41, 5.74) is 0.277. The zero-order chi connectivity index (χ0) is 9.30. The van der Waals surface area contributed by atoms with Gasteiger partial charge >= 0.3 is 5.97 Å². The molecule has 1 aliphatic carbocycles. The smallest absolute Gasteiger partial charge is 0.333 e. The molecule has 0 aromatic heterocycles. The highest BCUT2D eigenvalue weighted by Gasteiger charge is 2.41. The van der Waals surface area contributed by atoms with Crippen molar-refractivity contribution in [3.8, 4) is 0 Å². The Balaban J connectivity index is 2.33. The van der Waals surface area contributed by atoms with Crippen molar-refractivity contribution >= 4 is 11.9 Å². The second-order valence-electron chi connectivity index (χ2n) is 2.89. The van der Waals surface area contributed by atoms with Crippen molar-refractivity contribution in [2.45, 2.75) is 19.4 Å². The number of rotatable bonds is 3. The van der Waals surface area contributed by atoms with Gasteiger partial charge in [-0.05, 0) is 13.3 Å². The first-order chi connectivity index (χ1) is 5.52. The van der Waals surface area contributed by atoms with E-state index in [1.807, 2.05) is 0 Å². The summed E-state index contributed by atoms with van der Waals surface area (Å²) in [7, 11) is 0. The number of hydrogen-bond acceptors (Lipinski definition) is 4. The van der Waals surface area contributed by atoms with E-state index in [1.54, 1.807) is 0 Å². The van der Waals surface area contributed by atoms with Crippen LogP contribution in [0.1, 0.15) is 13.3 Å². The first kappa shape index (κ1) is 8.77. The van der Waals surface area contributed by atoms with Crippen molar-refractivity contribution in [1.82, 2.24) is 0 Å². The summed E-state index contributed by atoms with van der Waals surface area (Å²) in [6.07, 6.45) is -0.138. The average Bonchev–Trinajstić information content (AvgIpc) is 2.67. The van der Waals surface area contributed by atoms with E-state index in [4.69, 9.17) is 4.74 Å². The molecule has 0 amide bonds. The highest BCUT2D eigenvalue weighted by atomic mass is 16.6. The zero-order valence-electron chi connectivity index (χ0n) is 6.70. The molecular weight excluding hydrogens is 160 g/mol. The lowest BCUT2D eigenvalue weighted by Gasteiger charge is -2.03. The molecule has 2 unspecified atom stereocenters. The van der Waals surface area contributed by atoms with Crippen molar-refractivity contribution in [2.75, 3.05) is 0 Å². The predicted molar refractivity (Wildman–Crippen MR) is 37.8 cm³/mol. The van der Waals surface area contributed by atoms with Crippen LogP contribution in [-0.2, 0) is 14.3 Å². The molecular formula is C8H9O4-. The third kappa shape index (κ3) is 1.84. The van der Waals surface area contributed by atoms with Gasteiger partial charge in [-0.1, -0.05) is 6.58 Å². The van der Waals surface area contributed by atoms with Gasteiger partial charge in [0, 0.05) is 17.5 Å². The Morgan fingerprint density at radius 1 is 1.58 bits per heavy atom. The molecule has 0 aliphatic heterocycles. The van der Waals surface area contributed by atoms with Crippen molar-refractivity contribution in [2.24, 2.45) is 5.92 Å². The summed E-state index contributed by atoms with van der Waals surface area (Å²) in [5, 5.41) is 10.2. The SMILES string of the molecule is C=C(C)C(=O)OC1CC1C(=O)[O-]. The van der Waals surface area contributed by atoms with Gasteiger partial charge in [0.15, 0.2) is 0 Å². The lowest BCUT2D eigenvalue weighted by molar-refractivity contribution is -0.308. The quantitative estimate of drug-likeness (QED) is 0.411. The Labute approximate surface area is 69.8 Å². The number of carboxylic acid groups (broad SMARTS) is 1. The summed E-state index contributed by atoms with van der Waals surface area (Å²) in [6.45, 7) is 4.88. The van der Waals surface area contributed by atoms with E-state index in [1.165, 1.54) is 6.92 Å². The number of esters is 1. The molecule has 0 N–H and O–H groups in total. The molecule has 0 saturated heterocycles. The molecule has 0 aromatic carbocycles. The Kier molecular flexibility index (Phi) is 2.17. The fourth-order valence-corrected chi connectivity index (χ4v) is 0.788. The number of ether oxygens (including phenoxy) is 1. The normalized spacial score (nSPS) is 26.1. The zero-order valence-corrected chi connectivity index (χ0v) is 6.70. The molecule has 4 heteroatoms. The summed E-state index contributed by atoms with van der Waals surface area (Å²) < 4.78 is 4.74. The molecule has 0 bridgehead atoms. The molecule has 0 spiro atoms. The standard InChI is InChI=1S/C8H10O4/c1-4(2)8(11)12-6-3-5(6)7(9)10/h5-6H,1,3H2,2H3,(H,9,10)/p-1. The van der Waals surface area contributed by atoms with Gasteiger partial charge < -0.3 is 14.6 Å². The summed E-state index contributed by atoms with van der Waals surface area (Å²) >= 11 is 0. The molecule has 1 fully saturated rings. The molecule has 1 aliphatic rings. The third-order valence-corrected chi connectivity index (χ3v) is 1.64. The number of hydrogen-bond donors (Lipinski definition) is 0. The molecule has 12 heavy (non-hydrogen) atoms. The topological polar surface area (TPSA) is 66.4 Å². The van der Waals surface area contributed by atoms with Crippen LogP contribution >= 0.6 is 0 Å². The van der Waals surface area contributed by atoms with E-state index in [2.05, 4.69) is 6.58 Å². The van der Waals surface area contributed by atoms with Crippen LogP contribution in [0.2, 0.25) is 0 Å². The summed E-state index contributed by atoms with van der Waals surface area (Å²) in [4.78, 5) is 21.0. The van der Waals surface area contributed by atoms with Crippen molar-refractivity contribution in [3.63, 3.8) is 0 Å². The second kappa shape index (κ2) is 2.97. The van der Waals surface area contributed by atoms with E-state index < -0.39 is 24.0 Å². The largest absolute Gasteiger partial charge is 0.550 e. The van der Waals surface area contributed by atoms with E-state index in [0.29, 0.717) is 6.42 Å². The monoisotopic (exact) mass is 169 g/mol. The third-order valence-electron chi connectivity index (χ3n) is 1.64. The van der Waals surface area contributed by atoms with Crippen molar-refractivity contribution in [3.05, 3.63) is 12.2 Å². The van der Waals surface area contributed by atoms with Crippen LogP contribution in [0.25, 0.3) is 0 Å². The number of carbonyl (C=O) groups excluding carboxylic acids is 2. The molecule has 0 aromatic rings. The van der Waals surface area contributed by atoms with Crippen molar-refractivity contribution in [1.29, 1.82) is 0 Å². The number of carbonyl (C=O) groups is 2. The maximum absolute atomic E-state index is 10.8. The average molecular weight is 169 g/mol. The first-order valence-electron chi connectivity index (χ1n) is 3.59. The Morgan fingerprint density at radius 3 is 2.50 bits per heavy atom. The second-order valence-corrected chi connectivity index (χ2v) is 2.89. The van der Waals surface area contributed by atoms with E-state index in [9.17, 15) is 14.7 Å². The number of carboxylic acids is 1. The van der Waals surface area contributed by atoms with E-state index in [0.717, 1.165) is 0 Å². The first-order valence-corrected chi connectivity index (χ1v) is 3.59. The van der Waals surface area contributed by atoms with Gasteiger partial charge in [0.2, 0.25) is 0 Å². The van der Waals surface area contributed by atoms with Crippen LogP contribution in [0.15, 0.2) is 12.2 Å². The van der Waals surface area contributed by atoms with E-state index in [-0.39, 0.29) is 5.57 Å². The molecule has 66 valence electrons. The highest BCUT2D eigenvalue weighted by molar-refractivity contribution is 5.87. The fraction of sp³-hybridized carbons (Fsp3) is 0.500. The number of aliphatic carboxylic acids is 1. The van der Waals surface area contributed by atoms with Crippen LogP contribution in [-0.4, -0.2) is 18.0 Å². The van der Waals surface area contributed by atoms with Crippen LogP contribution in [0.4, 0.5) is 0 Å². The van der Waals surface area contributed by atoms with Crippen LogP contribution in [0.5, 0.6) is 0 Å². The lowest BCUT2D eigenvalue weighted by Crippen LogP contribution is -2.26. The molecule has 0 heterocycles. The van der Waals surface area contributed by atoms with Crippen LogP contribution < -0.4 is 5.11 Å². The molecule has 2 atom stereocenters. The maximum Gasteiger partial charge on any atom is 0.333 e. The minimum atomic E-state index is -1.16. The Morgan fingerprint density at radius 2 is 2.17 bits per heavy atom. The molecule has 1 rings (SSSR count). The Bertz CT molecular complexity index is 243. The molecule has 4 nitrogen and oxygen atoms in total. The van der Waals surface area contributed by atoms with Crippen LogP contribution in [0, 0.1) is 5.92 Å². The van der Waals surface area contributed by atoms with E-state index >= 15 is 0 Å². The van der Waals surface area contributed by atoms with Gasteiger partial charge in [-0.15, -0.1) is 0 Å². The fourth-order valence-electron chi connectivity index (χ4n) is 0.788.